The lowest BCUT2D eigenvalue weighted by atomic mass is 9.92. The van der Waals surface area contributed by atoms with Crippen LogP contribution >= 0.6 is 54.6 Å². The van der Waals surface area contributed by atoms with Gasteiger partial charge in [-0.3, -0.25) is 9.59 Å². The number of benzene rings is 2. The van der Waals surface area contributed by atoms with Crippen LogP contribution in [0, 0.1) is 0 Å². The van der Waals surface area contributed by atoms with E-state index >= 15 is 4.39 Å². The molecule has 1 aliphatic rings. The summed E-state index contributed by atoms with van der Waals surface area (Å²) in [5, 5.41) is 3.61. The van der Waals surface area contributed by atoms with E-state index in [0.29, 0.717) is 13.0 Å². The van der Waals surface area contributed by atoms with E-state index in [0.717, 1.165) is 30.3 Å². The summed E-state index contributed by atoms with van der Waals surface area (Å²) in [5.41, 5.74) is -2.03. The van der Waals surface area contributed by atoms with Crippen LogP contribution in [0.1, 0.15) is 47.2 Å². The minimum absolute atomic E-state index is 0.0485. The van der Waals surface area contributed by atoms with Gasteiger partial charge in [0.05, 0.1) is 31.6 Å². The quantitative estimate of drug-likeness (QED) is 0.163. The van der Waals surface area contributed by atoms with Gasteiger partial charge in [0.1, 0.15) is 11.4 Å². The van der Waals surface area contributed by atoms with Crippen molar-refractivity contribution >= 4 is 72.2 Å². The standard InChI is InChI=1S/C23H17Cl4F6N2O2P/c1-22(29,30)14(12-7-16(25)19(27)17(26)8-12)9-18(28)11-2-3-13(15(24)6-11)20(36)35-23(4-5-23)21(37)34-10-38(31,32)33/h2-3,6-9,14H,4-5,10H2,1H3,(H-,34,35,36,37)/p+1/b18-9-. The largest absolute Gasteiger partial charge is 0.588 e. The summed E-state index contributed by atoms with van der Waals surface area (Å²) in [6.45, 7) is 0.582. The molecule has 206 valence electrons. The Morgan fingerprint density at radius 1 is 1.05 bits per heavy atom. The Hall–Kier alpha value is -1.71. The molecule has 0 bridgehead atoms. The van der Waals surface area contributed by atoms with Crippen molar-refractivity contribution in [2.75, 3.05) is 6.29 Å². The number of rotatable bonds is 9. The molecule has 38 heavy (non-hydrogen) atoms. The Kier molecular flexibility index (Phi) is 9.26. The number of amides is 2. The van der Waals surface area contributed by atoms with Gasteiger partial charge in [-0.25, -0.2) is 13.2 Å². The second-order valence-corrected chi connectivity index (χ2v) is 11.7. The van der Waals surface area contributed by atoms with Crippen molar-refractivity contribution in [1.29, 1.82) is 0 Å². The predicted octanol–water partition coefficient (Wildman–Crippen LogP) is 9.06. The second-order valence-electron chi connectivity index (χ2n) is 8.69. The number of hydrogen-bond acceptors (Lipinski definition) is 2. The van der Waals surface area contributed by atoms with E-state index in [1.54, 1.807) is 5.32 Å². The topological polar surface area (TPSA) is 58.2 Å². The number of hydrogen-bond donors (Lipinski definition) is 2. The van der Waals surface area contributed by atoms with E-state index < -0.39 is 49.5 Å². The third kappa shape index (κ3) is 7.48. The molecule has 2 aromatic rings. The number of allylic oxidation sites excluding steroid dienone is 1. The first-order valence-electron chi connectivity index (χ1n) is 10.7. The van der Waals surface area contributed by atoms with Crippen molar-refractivity contribution in [3.8, 4) is 0 Å². The Morgan fingerprint density at radius 2 is 1.63 bits per heavy atom. The highest BCUT2D eigenvalue weighted by molar-refractivity contribution is 7.60. The van der Waals surface area contributed by atoms with Gasteiger partial charge in [0.25, 0.3) is 11.8 Å². The number of carbonyl (C=O) groups is 2. The molecule has 2 amide bonds. The van der Waals surface area contributed by atoms with Crippen LogP contribution in [0.2, 0.25) is 20.1 Å². The molecular formula is C23H18Cl4F6N2O2P+. The Morgan fingerprint density at radius 3 is 2.11 bits per heavy atom. The number of alkyl halides is 2. The lowest BCUT2D eigenvalue weighted by Crippen LogP contribution is -2.49. The zero-order valence-electron chi connectivity index (χ0n) is 19.2. The Balaban J connectivity index is 1.82. The lowest BCUT2D eigenvalue weighted by Gasteiger charge is -2.22. The molecule has 0 saturated heterocycles. The van der Waals surface area contributed by atoms with Gasteiger partial charge < -0.3 is 10.6 Å². The molecular weight excluding hydrogens is 623 g/mol. The van der Waals surface area contributed by atoms with Crippen LogP contribution in [0.5, 0.6) is 0 Å². The van der Waals surface area contributed by atoms with Gasteiger partial charge in [0.2, 0.25) is 12.2 Å². The molecule has 1 unspecified atom stereocenters. The first-order valence-corrected chi connectivity index (χ1v) is 13.9. The normalized spacial score (nSPS) is 16.1. The maximum Gasteiger partial charge on any atom is 0.588 e. The van der Waals surface area contributed by atoms with Crippen LogP contribution < -0.4 is 10.6 Å². The third-order valence-electron chi connectivity index (χ3n) is 5.67. The van der Waals surface area contributed by atoms with Crippen molar-refractivity contribution < 1.29 is 35.4 Å². The molecule has 0 spiro atoms. The number of carbonyl (C=O) groups excluding carboxylic acids is 2. The lowest BCUT2D eigenvalue weighted by molar-refractivity contribution is -0.123. The van der Waals surface area contributed by atoms with Crippen molar-refractivity contribution in [2.45, 2.75) is 37.1 Å². The Labute approximate surface area is 234 Å². The van der Waals surface area contributed by atoms with Gasteiger partial charge in [-0.1, -0.05) is 52.5 Å². The van der Waals surface area contributed by atoms with Gasteiger partial charge in [0.15, 0.2) is 0 Å². The van der Waals surface area contributed by atoms with Crippen LogP contribution in [0.4, 0.5) is 25.8 Å². The first kappa shape index (κ1) is 30.8. The van der Waals surface area contributed by atoms with Gasteiger partial charge in [0, 0.05) is 25.1 Å². The van der Waals surface area contributed by atoms with Crippen molar-refractivity contribution in [1.82, 2.24) is 10.6 Å². The molecule has 1 saturated carbocycles. The summed E-state index contributed by atoms with van der Waals surface area (Å²) in [6.07, 6.45) is -0.552. The maximum absolute atomic E-state index is 15.1. The molecule has 1 fully saturated rings. The maximum atomic E-state index is 15.1. The van der Waals surface area contributed by atoms with Gasteiger partial charge in [-0.05, 0) is 48.7 Å². The molecule has 3 rings (SSSR count). The summed E-state index contributed by atoms with van der Waals surface area (Å²) in [5.74, 6) is -8.19. The molecule has 0 aliphatic heterocycles. The van der Waals surface area contributed by atoms with Crippen LogP contribution in [0.15, 0.2) is 36.4 Å². The molecule has 1 atom stereocenters. The van der Waals surface area contributed by atoms with Crippen LogP contribution in [0.25, 0.3) is 5.83 Å². The zero-order valence-corrected chi connectivity index (χ0v) is 23.1. The van der Waals surface area contributed by atoms with Crippen LogP contribution in [-0.4, -0.2) is 29.6 Å². The fraction of sp³-hybridized carbons (Fsp3) is 0.304. The van der Waals surface area contributed by atoms with E-state index in [1.807, 2.05) is 0 Å². The molecule has 2 N–H and O–H groups in total. The zero-order chi connectivity index (χ0) is 28.6. The molecule has 4 nitrogen and oxygen atoms in total. The molecule has 15 heteroatoms. The van der Waals surface area contributed by atoms with E-state index in [1.165, 1.54) is 0 Å². The van der Waals surface area contributed by atoms with Crippen LogP contribution in [-0.2, 0) is 4.79 Å². The fourth-order valence-electron chi connectivity index (χ4n) is 3.53. The highest BCUT2D eigenvalue weighted by Gasteiger charge is 2.53. The summed E-state index contributed by atoms with van der Waals surface area (Å²) in [4.78, 5) is 24.8. The van der Waals surface area contributed by atoms with E-state index in [9.17, 15) is 31.0 Å². The van der Waals surface area contributed by atoms with E-state index in [2.05, 4.69) is 5.32 Å². The summed E-state index contributed by atoms with van der Waals surface area (Å²) < 4.78 is 81.4. The van der Waals surface area contributed by atoms with Crippen molar-refractivity contribution in [3.05, 3.63) is 73.2 Å². The molecule has 1 aliphatic carbocycles. The second kappa shape index (κ2) is 11.4. The minimum atomic E-state index is -5.75. The average Bonchev–Trinajstić information content (AvgIpc) is 3.58. The van der Waals surface area contributed by atoms with Crippen LogP contribution in [0.3, 0.4) is 0 Å². The monoisotopic (exact) mass is 639 g/mol. The smallest absolute Gasteiger partial charge is 0.338 e. The SMILES string of the molecule is CC(F)(F)C(/C=C(\F)c1ccc(C(=O)NC2(C(=O)NC[P+](F)(F)F)CC2)c(Cl)c1)c1cc(Cl)c(Cl)c(Cl)c1. The first-order chi connectivity index (χ1) is 17.4. The predicted molar refractivity (Wildman–Crippen MR) is 138 cm³/mol. The highest BCUT2D eigenvalue weighted by atomic mass is 35.5. The highest BCUT2D eigenvalue weighted by Crippen LogP contribution is 2.63. The number of halogens is 10. The minimum Gasteiger partial charge on any atom is -0.338 e. The van der Waals surface area contributed by atoms with E-state index in [4.69, 9.17) is 46.4 Å². The summed E-state index contributed by atoms with van der Waals surface area (Å²) in [6, 6.07) is 5.51. The molecule has 2 aromatic carbocycles. The van der Waals surface area contributed by atoms with Crippen molar-refractivity contribution in [3.63, 3.8) is 0 Å². The number of nitrogens with one attached hydrogen (secondary N) is 2. The third-order valence-corrected chi connectivity index (χ3v) is 7.70. The van der Waals surface area contributed by atoms with Gasteiger partial charge in [-0.2, -0.15) is 0 Å². The molecule has 0 aromatic heterocycles. The van der Waals surface area contributed by atoms with Gasteiger partial charge >= 0.3 is 8.19 Å². The summed E-state index contributed by atoms with van der Waals surface area (Å²) >= 11 is 23.9. The summed E-state index contributed by atoms with van der Waals surface area (Å²) in [7, 11) is -5.75. The molecule has 0 radical (unpaired) electrons. The fourth-order valence-corrected chi connectivity index (χ4v) is 4.73. The van der Waals surface area contributed by atoms with Gasteiger partial charge in [-0.15, -0.1) is 0 Å². The van der Waals surface area contributed by atoms with Crippen molar-refractivity contribution in [2.24, 2.45) is 0 Å². The van der Waals surface area contributed by atoms with E-state index in [-0.39, 0.29) is 49.6 Å². The molecule has 0 heterocycles. The average molecular weight is 641 g/mol. The Bertz CT molecular complexity index is 1270.